The van der Waals surface area contributed by atoms with Gasteiger partial charge < -0.3 is 15.0 Å². The normalized spacial score (nSPS) is 13.9. The molecule has 0 unspecified atom stereocenters. The van der Waals surface area contributed by atoms with Gasteiger partial charge in [-0.2, -0.15) is 0 Å². The molecule has 146 valence electrons. The molecule has 2 amide bonds. The lowest BCUT2D eigenvalue weighted by molar-refractivity contribution is -0.116. The molecule has 0 saturated heterocycles. The van der Waals surface area contributed by atoms with E-state index in [1.165, 1.54) is 0 Å². The first-order valence-electron chi connectivity index (χ1n) is 9.28. The number of hydrogen-bond acceptors (Lipinski definition) is 3. The van der Waals surface area contributed by atoms with Crippen molar-refractivity contribution >= 4 is 17.5 Å². The van der Waals surface area contributed by atoms with Crippen LogP contribution in [0.3, 0.4) is 0 Å². The van der Waals surface area contributed by atoms with Crippen molar-refractivity contribution in [1.82, 2.24) is 4.90 Å². The highest BCUT2D eigenvalue weighted by Gasteiger charge is 2.26. The summed E-state index contributed by atoms with van der Waals surface area (Å²) in [5.41, 5.74) is 2.73. The van der Waals surface area contributed by atoms with Crippen LogP contribution in [0, 0.1) is 0 Å². The van der Waals surface area contributed by atoms with Crippen LogP contribution in [0.25, 0.3) is 0 Å². The number of anilines is 1. The average Bonchev–Trinajstić information content (AvgIpc) is 2.71. The molecule has 1 aliphatic rings. The number of rotatable bonds is 7. The van der Waals surface area contributed by atoms with Crippen molar-refractivity contribution in [3.8, 4) is 5.75 Å². The van der Waals surface area contributed by atoms with Crippen LogP contribution >= 0.6 is 0 Å². The SMILES string of the molecule is CC/C(=C\F)COc1ccc2c(c1)CCN(CC(=O)Nc1ccccc1)C2=O. The van der Waals surface area contributed by atoms with Crippen LogP contribution in [-0.2, 0) is 11.2 Å². The zero-order valence-corrected chi connectivity index (χ0v) is 15.8. The summed E-state index contributed by atoms with van der Waals surface area (Å²) in [5.74, 6) is 0.205. The molecule has 28 heavy (non-hydrogen) atoms. The Morgan fingerprint density at radius 3 is 2.75 bits per heavy atom. The fourth-order valence-corrected chi connectivity index (χ4v) is 3.04. The van der Waals surface area contributed by atoms with E-state index in [2.05, 4.69) is 5.32 Å². The number of halogens is 1. The Labute approximate surface area is 163 Å². The minimum Gasteiger partial charge on any atom is -0.489 e. The van der Waals surface area contributed by atoms with Crippen molar-refractivity contribution in [2.24, 2.45) is 0 Å². The molecule has 2 aromatic carbocycles. The molecule has 0 aliphatic carbocycles. The molecular weight excluding hydrogens is 359 g/mol. The third-order valence-electron chi connectivity index (χ3n) is 4.67. The van der Waals surface area contributed by atoms with Gasteiger partial charge in [-0.3, -0.25) is 9.59 Å². The first kappa shape index (κ1) is 19.6. The summed E-state index contributed by atoms with van der Waals surface area (Å²) < 4.78 is 18.3. The Morgan fingerprint density at radius 1 is 1.25 bits per heavy atom. The first-order chi connectivity index (χ1) is 13.6. The molecule has 0 aromatic heterocycles. The fraction of sp³-hybridized carbons (Fsp3) is 0.273. The number of nitrogens with zero attached hydrogens (tertiary/aromatic N) is 1. The second-order valence-electron chi connectivity index (χ2n) is 6.62. The highest BCUT2D eigenvalue weighted by molar-refractivity contribution is 6.01. The van der Waals surface area contributed by atoms with Crippen molar-refractivity contribution in [3.63, 3.8) is 0 Å². The number of para-hydroxylation sites is 1. The Balaban J connectivity index is 1.62. The number of ether oxygens (including phenoxy) is 1. The van der Waals surface area contributed by atoms with Crippen molar-refractivity contribution < 1.29 is 18.7 Å². The predicted octanol–water partition coefficient (Wildman–Crippen LogP) is 3.97. The van der Waals surface area contributed by atoms with E-state index in [4.69, 9.17) is 4.74 Å². The molecule has 1 N–H and O–H groups in total. The van der Waals surface area contributed by atoms with Gasteiger partial charge in [0.25, 0.3) is 5.91 Å². The number of benzene rings is 2. The van der Waals surface area contributed by atoms with E-state index in [9.17, 15) is 14.0 Å². The Bertz CT molecular complexity index is 881. The van der Waals surface area contributed by atoms with Gasteiger partial charge in [0.2, 0.25) is 5.91 Å². The average molecular weight is 382 g/mol. The van der Waals surface area contributed by atoms with Crippen molar-refractivity contribution in [3.05, 3.63) is 71.6 Å². The number of carbonyl (C=O) groups is 2. The molecular formula is C22H23FN2O3. The number of amides is 2. The zero-order valence-electron chi connectivity index (χ0n) is 15.8. The lowest BCUT2D eigenvalue weighted by Crippen LogP contribution is -2.42. The molecule has 0 spiro atoms. The second-order valence-corrected chi connectivity index (χ2v) is 6.62. The minimum atomic E-state index is -0.229. The van der Waals surface area contributed by atoms with Gasteiger partial charge >= 0.3 is 0 Å². The van der Waals surface area contributed by atoms with Gasteiger partial charge in [0.15, 0.2) is 0 Å². The number of nitrogens with one attached hydrogen (secondary N) is 1. The van der Waals surface area contributed by atoms with Gasteiger partial charge in [-0.1, -0.05) is 25.1 Å². The van der Waals surface area contributed by atoms with Gasteiger partial charge in [0.05, 0.1) is 6.33 Å². The standard InChI is InChI=1S/C22H23FN2O3/c1-2-16(13-23)15-28-19-8-9-20-17(12-19)10-11-25(22(20)27)14-21(26)24-18-6-4-3-5-7-18/h3-9,12-13H,2,10-11,14-15H2,1H3,(H,24,26)/b16-13+. The molecule has 0 saturated carbocycles. The predicted molar refractivity (Wildman–Crippen MR) is 106 cm³/mol. The molecule has 6 heteroatoms. The van der Waals surface area contributed by atoms with Gasteiger partial charge in [0.1, 0.15) is 18.9 Å². The van der Waals surface area contributed by atoms with Gasteiger partial charge in [-0.15, -0.1) is 0 Å². The number of fused-ring (bicyclic) bond motifs is 1. The molecule has 1 aliphatic heterocycles. The maximum atomic E-state index is 12.7. The number of carbonyl (C=O) groups excluding carboxylic acids is 2. The highest BCUT2D eigenvalue weighted by atomic mass is 19.1. The van der Waals surface area contributed by atoms with Crippen LogP contribution in [0.5, 0.6) is 5.75 Å². The Morgan fingerprint density at radius 2 is 2.04 bits per heavy atom. The summed E-state index contributed by atoms with van der Waals surface area (Å²) in [6, 6.07) is 14.4. The molecule has 2 aromatic rings. The lowest BCUT2D eigenvalue weighted by Gasteiger charge is -2.28. The summed E-state index contributed by atoms with van der Waals surface area (Å²) in [7, 11) is 0. The monoisotopic (exact) mass is 382 g/mol. The van der Waals surface area contributed by atoms with E-state index >= 15 is 0 Å². The lowest BCUT2D eigenvalue weighted by atomic mass is 9.98. The summed E-state index contributed by atoms with van der Waals surface area (Å²) in [5, 5.41) is 2.79. The summed E-state index contributed by atoms with van der Waals surface area (Å²) in [6.07, 6.45) is 1.79. The molecule has 0 atom stereocenters. The van der Waals surface area contributed by atoms with E-state index in [1.807, 2.05) is 31.2 Å². The van der Waals surface area contributed by atoms with Crippen LogP contribution in [0.4, 0.5) is 10.1 Å². The van der Waals surface area contributed by atoms with Crippen LogP contribution < -0.4 is 10.1 Å². The highest BCUT2D eigenvalue weighted by Crippen LogP contribution is 2.24. The maximum Gasteiger partial charge on any atom is 0.254 e. The third kappa shape index (κ3) is 4.76. The minimum absolute atomic E-state index is 0.00652. The molecule has 0 bridgehead atoms. The van der Waals surface area contributed by atoms with E-state index in [0.717, 1.165) is 5.56 Å². The smallest absolute Gasteiger partial charge is 0.254 e. The fourth-order valence-electron chi connectivity index (χ4n) is 3.04. The summed E-state index contributed by atoms with van der Waals surface area (Å²) in [6.45, 7) is 2.52. The Kier molecular flexibility index (Phi) is 6.42. The maximum absolute atomic E-state index is 12.7. The molecule has 0 fully saturated rings. The van der Waals surface area contributed by atoms with Crippen LogP contribution in [0.1, 0.15) is 29.3 Å². The Hall–Kier alpha value is -3.15. The zero-order chi connectivity index (χ0) is 19.9. The van der Waals surface area contributed by atoms with E-state index < -0.39 is 0 Å². The van der Waals surface area contributed by atoms with Crippen LogP contribution in [-0.4, -0.2) is 36.4 Å². The van der Waals surface area contributed by atoms with E-state index in [0.29, 0.717) is 48.3 Å². The third-order valence-corrected chi connectivity index (χ3v) is 4.67. The van der Waals surface area contributed by atoms with E-state index in [-0.39, 0.29) is 25.0 Å². The second kappa shape index (κ2) is 9.17. The van der Waals surface area contributed by atoms with Crippen molar-refractivity contribution in [2.75, 3.05) is 25.0 Å². The van der Waals surface area contributed by atoms with Crippen LogP contribution in [0.2, 0.25) is 0 Å². The molecule has 3 rings (SSSR count). The summed E-state index contributed by atoms with van der Waals surface area (Å²) >= 11 is 0. The summed E-state index contributed by atoms with van der Waals surface area (Å²) in [4.78, 5) is 26.5. The largest absolute Gasteiger partial charge is 0.489 e. The van der Waals surface area contributed by atoms with E-state index in [1.54, 1.807) is 29.2 Å². The molecule has 1 heterocycles. The van der Waals surface area contributed by atoms with Crippen molar-refractivity contribution in [1.29, 1.82) is 0 Å². The quantitative estimate of drug-likeness (QED) is 0.788. The topological polar surface area (TPSA) is 58.6 Å². The van der Waals surface area contributed by atoms with Gasteiger partial charge in [-0.05, 0) is 54.3 Å². The van der Waals surface area contributed by atoms with Crippen LogP contribution in [0.15, 0.2) is 60.4 Å². The molecule has 0 radical (unpaired) electrons. The van der Waals surface area contributed by atoms with Gasteiger partial charge in [0, 0.05) is 17.8 Å². The first-order valence-corrected chi connectivity index (χ1v) is 9.28. The molecule has 5 nitrogen and oxygen atoms in total. The van der Waals surface area contributed by atoms with Gasteiger partial charge in [-0.25, -0.2) is 4.39 Å². The number of hydrogen-bond donors (Lipinski definition) is 1. The van der Waals surface area contributed by atoms with Crippen molar-refractivity contribution in [2.45, 2.75) is 19.8 Å².